The molecule has 0 atom stereocenters. The van der Waals surface area contributed by atoms with E-state index in [1.54, 1.807) is 18.4 Å². The zero-order valence-corrected chi connectivity index (χ0v) is 12.2. The van der Waals surface area contributed by atoms with Crippen LogP contribution in [0, 0.1) is 11.8 Å². The van der Waals surface area contributed by atoms with Crippen LogP contribution in [0.5, 0.6) is 0 Å². The quantitative estimate of drug-likeness (QED) is 0.809. The number of hydrogen-bond acceptors (Lipinski definition) is 4. The molecule has 0 spiro atoms. The van der Waals surface area contributed by atoms with Crippen molar-refractivity contribution in [3.8, 4) is 11.8 Å². The van der Waals surface area contributed by atoms with Gasteiger partial charge in [-0.3, -0.25) is 4.90 Å². The standard InChI is InChI=1S/C16H16N2OS/c1-19-14-10-18(11-14)12-15-9-17-16(20-15)8-7-13-5-3-2-4-6-13/h2-6,9,14H,10-12H2,1H3. The third-order valence-electron chi connectivity index (χ3n) is 3.28. The molecule has 0 aliphatic carbocycles. The molecule has 0 amide bonds. The summed E-state index contributed by atoms with van der Waals surface area (Å²) >= 11 is 1.67. The third kappa shape index (κ3) is 3.26. The fraction of sp³-hybridized carbons (Fsp3) is 0.312. The lowest BCUT2D eigenvalue weighted by molar-refractivity contribution is -0.0329. The minimum absolute atomic E-state index is 0.403. The van der Waals surface area contributed by atoms with Crippen LogP contribution in [0.25, 0.3) is 0 Å². The van der Waals surface area contributed by atoms with Crippen molar-refractivity contribution in [2.75, 3.05) is 20.2 Å². The van der Waals surface area contributed by atoms with Gasteiger partial charge in [0.1, 0.15) is 0 Å². The van der Waals surface area contributed by atoms with Gasteiger partial charge in [-0.15, -0.1) is 11.3 Å². The second-order valence-corrected chi connectivity index (χ2v) is 5.91. The van der Waals surface area contributed by atoms with E-state index in [2.05, 4.69) is 21.7 Å². The van der Waals surface area contributed by atoms with Crippen LogP contribution < -0.4 is 0 Å². The number of ether oxygens (including phenoxy) is 1. The van der Waals surface area contributed by atoms with Crippen LogP contribution >= 0.6 is 11.3 Å². The highest BCUT2D eigenvalue weighted by Crippen LogP contribution is 2.19. The fourth-order valence-electron chi connectivity index (χ4n) is 2.11. The molecule has 102 valence electrons. The SMILES string of the molecule is COC1CN(Cc2cnc(C#Cc3ccccc3)s2)C1. The maximum atomic E-state index is 5.27. The van der Waals surface area contributed by atoms with Crippen LogP contribution in [0.3, 0.4) is 0 Å². The van der Waals surface area contributed by atoms with Gasteiger partial charge < -0.3 is 4.74 Å². The van der Waals surface area contributed by atoms with Crippen molar-refractivity contribution in [1.82, 2.24) is 9.88 Å². The van der Waals surface area contributed by atoms with Gasteiger partial charge in [0, 0.05) is 43.4 Å². The smallest absolute Gasteiger partial charge is 0.167 e. The molecule has 1 aliphatic rings. The summed E-state index contributed by atoms with van der Waals surface area (Å²) < 4.78 is 5.27. The van der Waals surface area contributed by atoms with Crippen molar-refractivity contribution in [2.24, 2.45) is 0 Å². The Bertz CT molecular complexity index is 621. The molecule has 3 rings (SSSR count). The van der Waals surface area contributed by atoms with Crippen molar-refractivity contribution in [1.29, 1.82) is 0 Å². The number of aromatic nitrogens is 1. The molecule has 0 N–H and O–H groups in total. The molecule has 2 heterocycles. The Balaban J connectivity index is 1.59. The fourth-order valence-corrected chi connectivity index (χ4v) is 2.91. The van der Waals surface area contributed by atoms with Crippen LogP contribution in [0.2, 0.25) is 0 Å². The maximum Gasteiger partial charge on any atom is 0.167 e. The van der Waals surface area contributed by atoms with Crippen molar-refractivity contribution < 1.29 is 4.74 Å². The van der Waals surface area contributed by atoms with E-state index in [0.717, 1.165) is 30.2 Å². The molecule has 1 saturated heterocycles. The second-order valence-electron chi connectivity index (χ2n) is 4.80. The number of rotatable bonds is 3. The Morgan fingerprint density at radius 2 is 2.10 bits per heavy atom. The van der Waals surface area contributed by atoms with E-state index in [-0.39, 0.29) is 0 Å². The van der Waals surface area contributed by atoms with E-state index in [0.29, 0.717) is 6.10 Å². The summed E-state index contributed by atoms with van der Waals surface area (Å²) in [5.74, 6) is 6.26. The Morgan fingerprint density at radius 3 is 2.85 bits per heavy atom. The average molecular weight is 284 g/mol. The lowest BCUT2D eigenvalue weighted by Gasteiger charge is -2.37. The lowest BCUT2D eigenvalue weighted by atomic mass is 10.2. The molecule has 4 heteroatoms. The van der Waals surface area contributed by atoms with Gasteiger partial charge in [-0.2, -0.15) is 0 Å². The van der Waals surface area contributed by atoms with Crippen molar-refractivity contribution >= 4 is 11.3 Å². The maximum absolute atomic E-state index is 5.27. The molecule has 1 aliphatic heterocycles. The summed E-state index contributed by atoms with van der Waals surface area (Å²) in [6.07, 6.45) is 2.33. The molecule has 2 aromatic rings. The Kier molecular flexibility index (Phi) is 4.12. The molecule has 1 aromatic heterocycles. The average Bonchev–Trinajstić information content (AvgIpc) is 2.89. The van der Waals surface area contributed by atoms with E-state index in [9.17, 15) is 0 Å². The molecule has 1 aromatic carbocycles. The van der Waals surface area contributed by atoms with Crippen LogP contribution in [0.4, 0.5) is 0 Å². The molecule has 0 bridgehead atoms. The van der Waals surface area contributed by atoms with Crippen LogP contribution in [-0.4, -0.2) is 36.2 Å². The normalized spacial score (nSPS) is 15.4. The number of nitrogens with zero attached hydrogens (tertiary/aromatic N) is 2. The number of benzene rings is 1. The minimum Gasteiger partial charge on any atom is -0.379 e. The first-order chi connectivity index (χ1) is 9.83. The van der Waals surface area contributed by atoms with E-state index < -0.39 is 0 Å². The summed E-state index contributed by atoms with van der Waals surface area (Å²) in [5.41, 5.74) is 1.02. The predicted octanol–water partition coefficient (Wildman–Crippen LogP) is 2.37. The molecule has 0 unspecified atom stereocenters. The summed E-state index contributed by atoms with van der Waals surface area (Å²) in [7, 11) is 1.77. The highest BCUT2D eigenvalue weighted by atomic mass is 32.1. The van der Waals surface area contributed by atoms with Gasteiger partial charge in [-0.1, -0.05) is 24.1 Å². The highest BCUT2D eigenvalue weighted by Gasteiger charge is 2.26. The first-order valence-electron chi connectivity index (χ1n) is 6.60. The highest BCUT2D eigenvalue weighted by molar-refractivity contribution is 7.12. The van der Waals surface area contributed by atoms with E-state index in [4.69, 9.17) is 4.74 Å². The molecule has 1 fully saturated rings. The van der Waals surface area contributed by atoms with Gasteiger partial charge in [0.2, 0.25) is 0 Å². The Labute approximate surface area is 123 Å². The zero-order valence-electron chi connectivity index (χ0n) is 11.4. The molecular weight excluding hydrogens is 268 g/mol. The van der Waals surface area contributed by atoms with Gasteiger partial charge in [0.25, 0.3) is 0 Å². The minimum atomic E-state index is 0.403. The summed E-state index contributed by atoms with van der Waals surface area (Å²) in [6, 6.07) is 9.99. The third-order valence-corrected chi connectivity index (χ3v) is 4.18. The van der Waals surface area contributed by atoms with E-state index in [1.165, 1.54) is 4.88 Å². The van der Waals surface area contributed by atoms with Gasteiger partial charge in [0.05, 0.1) is 6.10 Å². The molecule has 20 heavy (non-hydrogen) atoms. The van der Waals surface area contributed by atoms with Gasteiger partial charge in [0.15, 0.2) is 5.01 Å². The number of hydrogen-bond donors (Lipinski definition) is 0. The first-order valence-corrected chi connectivity index (χ1v) is 7.42. The van der Waals surface area contributed by atoms with E-state index >= 15 is 0 Å². The van der Waals surface area contributed by atoms with Gasteiger partial charge >= 0.3 is 0 Å². The first kappa shape index (κ1) is 13.3. The van der Waals surface area contributed by atoms with Crippen LogP contribution in [0.1, 0.15) is 15.4 Å². The van der Waals surface area contributed by atoms with Gasteiger partial charge in [-0.25, -0.2) is 4.98 Å². The summed E-state index contributed by atoms with van der Waals surface area (Å²) in [6.45, 7) is 2.98. The lowest BCUT2D eigenvalue weighted by Crippen LogP contribution is -2.50. The summed E-state index contributed by atoms with van der Waals surface area (Å²) in [4.78, 5) is 7.99. The van der Waals surface area contributed by atoms with Crippen LogP contribution in [-0.2, 0) is 11.3 Å². The van der Waals surface area contributed by atoms with Crippen molar-refractivity contribution in [3.05, 3.63) is 52.0 Å². The Hall–Kier alpha value is -1.67. The molecule has 0 radical (unpaired) electrons. The van der Waals surface area contributed by atoms with Gasteiger partial charge in [-0.05, 0) is 18.1 Å². The Morgan fingerprint density at radius 1 is 1.30 bits per heavy atom. The monoisotopic (exact) mass is 284 g/mol. The number of methoxy groups -OCH3 is 1. The molecular formula is C16H16N2OS. The van der Waals surface area contributed by atoms with Crippen LogP contribution in [0.15, 0.2) is 36.5 Å². The van der Waals surface area contributed by atoms with Crippen molar-refractivity contribution in [2.45, 2.75) is 12.6 Å². The second kappa shape index (κ2) is 6.19. The predicted molar refractivity (Wildman–Crippen MR) is 80.6 cm³/mol. The molecule has 3 nitrogen and oxygen atoms in total. The molecule has 0 saturated carbocycles. The number of thiazole rings is 1. The topological polar surface area (TPSA) is 25.4 Å². The zero-order chi connectivity index (χ0) is 13.8. The number of likely N-dealkylation sites (tertiary alicyclic amines) is 1. The largest absolute Gasteiger partial charge is 0.379 e. The summed E-state index contributed by atoms with van der Waals surface area (Å²) in [5, 5.41) is 0.882. The van der Waals surface area contributed by atoms with E-state index in [1.807, 2.05) is 36.5 Å². The van der Waals surface area contributed by atoms with Crippen molar-refractivity contribution in [3.63, 3.8) is 0 Å².